The van der Waals surface area contributed by atoms with E-state index in [2.05, 4.69) is 5.32 Å². The van der Waals surface area contributed by atoms with E-state index in [0.29, 0.717) is 22.9 Å². The smallest absolute Gasteiger partial charge is 0.341 e. The van der Waals surface area contributed by atoms with Crippen LogP contribution in [0.2, 0.25) is 0 Å². The van der Waals surface area contributed by atoms with Crippen molar-refractivity contribution >= 4 is 39.0 Å². The van der Waals surface area contributed by atoms with Gasteiger partial charge in [-0.05, 0) is 56.5 Å². The second-order valence-corrected chi connectivity index (χ2v) is 8.47. The number of carbonyl (C=O) groups is 2. The number of esters is 1. The Balaban J connectivity index is 1.56. The molecule has 6 heteroatoms. The molecule has 0 radical (unpaired) electrons. The summed E-state index contributed by atoms with van der Waals surface area (Å²) in [6.45, 7) is 3.81. The molecule has 0 fully saturated rings. The van der Waals surface area contributed by atoms with Gasteiger partial charge < -0.3 is 14.8 Å². The summed E-state index contributed by atoms with van der Waals surface area (Å²) in [5.41, 5.74) is 1.55. The third-order valence-electron chi connectivity index (χ3n) is 5.31. The van der Waals surface area contributed by atoms with Crippen LogP contribution in [0, 0.1) is 0 Å². The van der Waals surface area contributed by atoms with Gasteiger partial charge >= 0.3 is 5.97 Å². The molecule has 0 saturated carbocycles. The lowest BCUT2D eigenvalue weighted by Crippen LogP contribution is -2.30. The normalized spacial score (nSPS) is 14.1. The van der Waals surface area contributed by atoms with E-state index in [1.54, 1.807) is 13.8 Å². The summed E-state index contributed by atoms with van der Waals surface area (Å²) in [6.07, 6.45) is 3.21. The number of carbonyl (C=O) groups excluding carboxylic acids is 2. The Morgan fingerprint density at radius 1 is 1.10 bits per heavy atom. The highest BCUT2D eigenvalue weighted by molar-refractivity contribution is 7.17. The summed E-state index contributed by atoms with van der Waals surface area (Å²) >= 11 is 1.48. The molecule has 1 atom stereocenters. The van der Waals surface area contributed by atoms with Gasteiger partial charge in [0.05, 0.1) is 12.2 Å². The van der Waals surface area contributed by atoms with Crippen molar-refractivity contribution in [2.24, 2.45) is 0 Å². The third kappa shape index (κ3) is 4.05. The van der Waals surface area contributed by atoms with Crippen molar-refractivity contribution in [1.82, 2.24) is 0 Å². The summed E-state index contributed by atoms with van der Waals surface area (Å²) in [6, 6.07) is 13.7. The van der Waals surface area contributed by atoms with Gasteiger partial charge in [-0.2, -0.15) is 0 Å². The zero-order valence-electron chi connectivity index (χ0n) is 17.2. The van der Waals surface area contributed by atoms with Crippen LogP contribution in [0.5, 0.6) is 5.75 Å². The van der Waals surface area contributed by atoms with Crippen molar-refractivity contribution in [2.75, 3.05) is 11.9 Å². The molecular formula is C24H25NO4S. The minimum Gasteiger partial charge on any atom is -0.480 e. The topological polar surface area (TPSA) is 64.6 Å². The molecule has 1 aliphatic rings. The third-order valence-corrected chi connectivity index (χ3v) is 6.52. The van der Waals surface area contributed by atoms with Crippen LogP contribution in [-0.4, -0.2) is 24.6 Å². The number of hydrogen-bond acceptors (Lipinski definition) is 5. The molecule has 1 aliphatic carbocycles. The summed E-state index contributed by atoms with van der Waals surface area (Å²) < 4.78 is 11.3. The number of fused-ring (bicyclic) bond motifs is 2. The second-order valence-electron chi connectivity index (χ2n) is 7.36. The largest absolute Gasteiger partial charge is 0.480 e. The fraction of sp³-hybridized carbons (Fsp3) is 0.333. The van der Waals surface area contributed by atoms with Gasteiger partial charge in [-0.1, -0.05) is 36.4 Å². The predicted molar refractivity (Wildman–Crippen MR) is 120 cm³/mol. The Kier molecular flexibility index (Phi) is 6.04. The van der Waals surface area contributed by atoms with Crippen LogP contribution in [0.4, 0.5) is 5.00 Å². The van der Waals surface area contributed by atoms with E-state index in [9.17, 15) is 9.59 Å². The minimum atomic E-state index is -0.718. The van der Waals surface area contributed by atoms with Crippen LogP contribution < -0.4 is 10.1 Å². The highest BCUT2D eigenvalue weighted by Gasteiger charge is 2.28. The lowest BCUT2D eigenvalue weighted by molar-refractivity contribution is -0.121. The molecular weight excluding hydrogens is 398 g/mol. The zero-order valence-corrected chi connectivity index (χ0v) is 18.0. The molecule has 4 rings (SSSR count). The molecule has 5 nitrogen and oxygen atoms in total. The van der Waals surface area contributed by atoms with Crippen LogP contribution in [0.15, 0.2) is 42.5 Å². The first-order chi connectivity index (χ1) is 14.6. The monoisotopic (exact) mass is 423 g/mol. The maximum atomic E-state index is 12.9. The van der Waals surface area contributed by atoms with E-state index >= 15 is 0 Å². The van der Waals surface area contributed by atoms with Gasteiger partial charge in [0.25, 0.3) is 5.91 Å². The summed E-state index contributed by atoms with van der Waals surface area (Å²) in [5, 5.41) is 5.51. The number of benzene rings is 2. The van der Waals surface area contributed by atoms with E-state index in [4.69, 9.17) is 9.47 Å². The number of nitrogens with one attached hydrogen (secondary N) is 1. The molecule has 0 unspecified atom stereocenters. The molecule has 0 aliphatic heterocycles. The molecule has 1 heterocycles. The number of hydrogen-bond donors (Lipinski definition) is 1. The fourth-order valence-corrected chi connectivity index (χ4v) is 5.11. The van der Waals surface area contributed by atoms with Gasteiger partial charge in [0, 0.05) is 10.3 Å². The highest BCUT2D eigenvalue weighted by Crippen LogP contribution is 2.38. The minimum absolute atomic E-state index is 0.285. The first-order valence-corrected chi connectivity index (χ1v) is 11.2. The van der Waals surface area contributed by atoms with Gasteiger partial charge in [0.2, 0.25) is 0 Å². The highest BCUT2D eigenvalue weighted by atomic mass is 32.1. The maximum Gasteiger partial charge on any atom is 0.341 e. The van der Waals surface area contributed by atoms with Gasteiger partial charge in [-0.15, -0.1) is 11.3 Å². The van der Waals surface area contributed by atoms with E-state index in [0.717, 1.165) is 42.0 Å². The summed E-state index contributed by atoms with van der Waals surface area (Å²) in [7, 11) is 0. The summed E-state index contributed by atoms with van der Waals surface area (Å²) in [4.78, 5) is 26.7. The molecule has 1 aromatic heterocycles. The molecule has 0 spiro atoms. The van der Waals surface area contributed by atoms with Crippen molar-refractivity contribution in [2.45, 2.75) is 45.6 Å². The molecule has 156 valence electrons. The Labute approximate surface area is 180 Å². The average Bonchev–Trinajstić information content (AvgIpc) is 3.12. The lowest BCUT2D eigenvalue weighted by Gasteiger charge is -2.16. The van der Waals surface area contributed by atoms with E-state index in [-0.39, 0.29) is 11.9 Å². The van der Waals surface area contributed by atoms with Crippen molar-refractivity contribution in [3.8, 4) is 5.75 Å². The summed E-state index contributed by atoms with van der Waals surface area (Å²) in [5.74, 6) is 0.00810. The van der Waals surface area contributed by atoms with E-state index < -0.39 is 6.10 Å². The first kappa shape index (κ1) is 20.4. The fourth-order valence-electron chi connectivity index (χ4n) is 3.83. The van der Waals surface area contributed by atoms with Crippen LogP contribution in [0.25, 0.3) is 10.8 Å². The van der Waals surface area contributed by atoms with Gasteiger partial charge in [0.15, 0.2) is 6.10 Å². The van der Waals surface area contributed by atoms with E-state index in [1.807, 2.05) is 42.5 Å². The second kappa shape index (κ2) is 8.88. The Morgan fingerprint density at radius 2 is 1.87 bits per heavy atom. The maximum absolute atomic E-state index is 12.9. The van der Waals surface area contributed by atoms with Gasteiger partial charge in [0.1, 0.15) is 10.8 Å². The van der Waals surface area contributed by atoms with Crippen molar-refractivity contribution in [1.29, 1.82) is 0 Å². The van der Waals surface area contributed by atoms with Gasteiger partial charge in [-0.3, -0.25) is 4.79 Å². The molecule has 1 amide bonds. The lowest BCUT2D eigenvalue weighted by atomic mass is 9.95. The molecule has 0 saturated heterocycles. The number of amides is 1. The Morgan fingerprint density at radius 3 is 2.70 bits per heavy atom. The van der Waals surface area contributed by atoms with Crippen LogP contribution in [0.1, 0.15) is 47.5 Å². The average molecular weight is 424 g/mol. The standard InChI is InChI=1S/C24H25NO4S/c1-3-28-24(27)21-18-12-6-7-14-20(18)30-23(21)25-22(26)15(2)29-19-13-8-10-16-9-4-5-11-17(16)19/h4-5,8-11,13,15H,3,6-7,12,14H2,1-2H3,(H,25,26)/t15-/m0/s1. The Hall–Kier alpha value is -2.86. The molecule has 2 aromatic carbocycles. The SMILES string of the molecule is CCOC(=O)c1c(NC(=O)[C@H](C)Oc2cccc3ccccc23)sc2c1CCCC2. The van der Waals surface area contributed by atoms with Crippen molar-refractivity contribution in [3.63, 3.8) is 0 Å². The van der Waals surface area contributed by atoms with Crippen LogP contribution in [0.3, 0.4) is 0 Å². The molecule has 1 N–H and O–H groups in total. The van der Waals surface area contributed by atoms with E-state index in [1.165, 1.54) is 16.2 Å². The molecule has 30 heavy (non-hydrogen) atoms. The van der Waals surface area contributed by atoms with Crippen LogP contribution >= 0.6 is 11.3 Å². The predicted octanol–water partition coefficient (Wildman–Crippen LogP) is 5.36. The first-order valence-electron chi connectivity index (χ1n) is 10.4. The van der Waals surface area contributed by atoms with Crippen molar-refractivity contribution < 1.29 is 19.1 Å². The van der Waals surface area contributed by atoms with Crippen molar-refractivity contribution in [3.05, 3.63) is 58.5 Å². The van der Waals surface area contributed by atoms with Crippen LogP contribution in [-0.2, 0) is 22.4 Å². The Bertz CT molecular complexity index is 1080. The zero-order chi connectivity index (χ0) is 21.1. The quantitative estimate of drug-likeness (QED) is 0.542. The van der Waals surface area contributed by atoms with Gasteiger partial charge in [-0.25, -0.2) is 4.79 Å². The number of aryl methyl sites for hydroxylation is 1. The molecule has 0 bridgehead atoms. The number of thiophene rings is 1. The number of anilines is 1. The number of rotatable bonds is 6. The number of ether oxygens (including phenoxy) is 2. The molecule has 3 aromatic rings.